The molecule has 0 saturated heterocycles. The highest BCUT2D eigenvalue weighted by molar-refractivity contribution is 7.87. The number of thiocarbonyl (C=S) groups is 1. The second-order valence-electron chi connectivity index (χ2n) is 3.84. The SMILES string of the molecule is O=S(=O)(Oc1cc(CCC(=S)Cl)on1)c1ccccc1. The fraction of sp³-hybridized carbons (Fsp3) is 0.167. The minimum absolute atomic E-state index is 0.0477. The summed E-state index contributed by atoms with van der Waals surface area (Å²) in [6, 6.07) is 9.18. The van der Waals surface area contributed by atoms with Crippen molar-refractivity contribution >= 4 is 38.3 Å². The Morgan fingerprint density at radius 1 is 1.35 bits per heavy atom. The van der Waals surface area contributed by atoms with Crippen LogP contribution in [0.1, 0.15) is 12.2 Å². The van der Waals surface area contributed by atoms with Crippen molar-refractivity contribution in [1.82, 2.24) is 5.16 Å². The third-order valence-corrected chi connectivity index (χ3v) is 3.97. The summed E-state index contributed by atoms with van der Waals surface area (Å²) in [6.07, 6.45) is 0.876. The van der Waals surface area contributed by atoms with Crippen LogP contribution in [0.2, 0.25) is 0 Å². The molecule has 0 unspecified atom stereocenters. The Bertz CT molecular complexity index is 697. The van der Waals surface area contributed by atoms with E-state index in [0.717, 1.165) is 0 Å². The van der Waals surface area contributed by atoms with E-state index >= 15 is 0 Å². The lowest BCUT2D eigenvalue weighted by atomic mass is 10.3. The van der Waals surface area contributed by atoms with E-state index in [-0.39, 0.29) is 10.8 Å². The van der Waals surface area contributed by atoms with Gasteiger partial charge in [0.15, 0.2) is 0 Å². The fourth-order valence-electron chi connectivity index (χ4n) is 1.42. The molecule has 0 atom stereocenters. The quantitative estimate of drug-likeness (QED) is 0.460. The van der Waals surface area contributed by atoms with Crippen molar-refractivity contribution in [3.05, 3.63) is 42.2 Å². The van der Waals surface area contributed by atoms with Crippen LogP contribution in [-0.2, 0) is 16.5 Å². The van der Waals surface area contributed by atoms with Gasteiger partial charge in [0.2, 0.25) is 0 Å². The van der Waals surface area contributed by atoms with Crippen LogP contribution in [0.4, 0.5) is 0 Å². The molecule has 0 fully saturated rings. The zero-order valence-corrected chi connectivity index (χ0v) is 12.5. The number of hydrogen-bond acceptors (Lipinski definition) is 6. The summed E-state index contributed by atoms with van der Waals surface area (Å²) < 4.78 is 34.0. The first-order valence-corrected chi connectivity index (χ1v) is 7.80. The van der Waals surface area contributed by atoms with Gasteiger partial charge in [-0.25, -0.2) is 0 Å². The normalized spacial score (nSPS) is 11.2. The maximum Gasteiger partial charge on any atom is 0.340 e. The van der Waals surface area contributed by atoms with E-state index in [1.807, 2.05) is 0 Å². The highest BCUT2D eigenvalue weighted by Crippen LogP contribution is 2.19. The predicted octanol–water partition coefficient (Wildman–Crippen LogP) is 2.94. The van der Waals surface area contributed by atoms with Crippen LogP contribution in [0.5, 0.6) is 5.88 Å². The van der Waals surface area contributed by atoms with Gasteiger partial charge in [0.25, 0.3) is 5.88 Å². The molecular weight excluding hydrogens is 322 g/mol. The van der Waals surface area contributed by atoms with Gasteiger partial charge in [-0.15, -0.1) is 0 Å². The maximum atomic E-state index is 11.9. The molecule has 1 aromatic heterocycles. The Kier molecular flexibility index (Phi) is 4.74. The van der Waals surface area contributed by atoms with E-state index in [1.165, 1.54) is 18.2 Å². The molecule has 0 radical (unpaired) electrons. The van der Waals surface area contributed by atoms with E-state index in [9.17, 15) is 8.42 Å². The van der Waals surface area contributed by atoms with Crippen molar-refractivity contribution < 1.29 is 17.1 Å². The number of hydrogen-bond donors (Lipinski definition) is 0. The number of nitrogens with zero attached hydrogens (tertiary/aromatic N) is 1. The first-order valence-electron chi connectivity index (χ1n) is 5.61. The van der Waals surface area contributed by atoms with E-state index in [2.05, 4.69) is 5.16 Å². The zero-order valence-electron chi connectivity index (χ0n) is 10.2. The summed E-state index contributed by atoms with van der Waals surface area (Å²) in [5.74, 6) is 0.329. The fourth-order valence-corrected chi connectivity index (χ4v) is 2.51. The molecule has 0 N–H and O–H groups in total. The standard InChI is InChI=1S/C12H10ClNO4S2/c13-11(19)7-6-9-8-12(14-17-9)18-20(15,16)10-4-2-1-3-5-10/h1-5,8H,6-7H2. The molecule has 1 aromatic carbocycles. The van der Waals surface area contributed by atoms with Gasteiger partial charge in [-0.3, -0.25) is 0 Å². The topological polar surface area (TPSA) is 69.4 Å². The van der Waals surface area contributed by atoms with Crippen molar-refractivity contribution in [3.63, 3.8) is 0 Å². The summed E-state index contributed by atoms with van der Waals surface area (Å²) in [5, 5.41) is 3.54. The van der Waals surface area contributed by atoms with Crippen LogP contribution in [0, 0.1) is 0 Å². The van der Waals surface area contributed by atoms with E-state index in [4.69, 9.17) is 32.5 Å². The molecule has 20 heavy (non-hydrogen) atoms. The van der Waals surface area contributed by atoms with Crippen molar-refractivity contribution in [2.24, 2.45) is 0 Å². The highest BCUT2D eigenvalue weighted by atomic mass is 35.5. The average molecular weight is 332 g/mol. The second-order valence-corrected chi connectivity index (χ2v) is 6.56. The molecule has 0 spiro atoms. The number of benzene rings is 1. The van der Waals surface area contributed by atoms with Crippen LogP contribution in [0.3, 0.4) is 0 Å². The van der Waals surface area contributed by atoms with Gasteiger partial charge in [-0.2, -0.15) is 8.42 Å². The average Bonchev–Trinajstić information content (AvgIpc) is 2.84. The summed E-state index contributed by atoms with van der Waals surface area (Å²) >= 11 is 10.3. The first-order chi connectivity index (χ1) is 9.47. The van der Waals surface area contributed by atoms with Crippen molar-refractivity contribution in [2.75, 3.05) is 0 Å². The van der Waals surface area contributed by atoms with Gasteiger partial charge in [0, 0.05) is 18.9 Å². The van der Waals surface area contributed by atoms with E-state index in [1.54, 1.807) is 18.2 Å². The van der Waals surface area contributed by atoms with Crippen molar-refractivity contribution in [2.45, 2.75) is 17.7 Å². The molecule has 2 aromatic rings. The minimum atomic E-state index is -3.91. The number of aryl methyl sites for hydroxylation is 1. The molecule has 0 aliphatic heterocycles. The molecule has 106 valence electrons. The van der Waals surface area contributed by atoms with Gasteiger partial charge in [0.05, 0.1) is 4.32 Å². The third kappa shape index (κ3) is 4.03. The third-order valence-electron chi connectivity index (χ3n) is 2.33. The molecule has 8 heteroatoms. The Morgan fingerprint density at radius 2 is 2.05 bits per heavy atom. The summed E-state index contributed by atoms with van der Waals surface area (Å²) in [7, 11) is -3.91. The Hall–Kier alpha value is -1.44. The molecular formula is C12H10ClNO4S2. The van der Waals surface area contributed by atoms with Crippen LogP contribution >= 0.6 is 23.8 Å². The molecule has 0 saturated carbocycles. The lowest BCUT2D eigenvalue weighted by Crippen LogP contribution is -2.09. The van der Waals surface area contributed by atoms with E-state index in [0.29, 0.717) is 22.9 Å². The maximum absolute atomic E-state index is 11.9. The Labute approximate surface area is 126 Å². The Morgan fingerprint density at radius 3 is 2.70 bits per heavy atom. The number of rotatable bonds is 6. The van der Waals surface area contributed by atoms with Crippen LogP contribution in [0.25, 0.3) is 0 Å². The van der Waals surface area contributed by atoms with Gasteiger partial charge >= 0.3 is 10.1 Å². The monoisotopic (exact) mass is 331 g/mol. The molecule has 0 amide bonds. The summed E-state index contributed by atoms with van der Waals surface area (Å²) in [6.45, 7) is 0. The largest absolute Gasteiger partial charge is 0.358 e. The Balaban J connectivity index is 2.09. The smallest absolute Gasteiger partial charge is 0.340 e. The van der Waals surface area contributed by atoms with Gasteiger partial charge in [0.1, 0.15) is 10.7 Å². The van der Waals surface area contributed by atoms with Crippen LogP contribution in [0.15, 0.2) is 45.8 Å². The molecule has 0 aliphatic carbocycles. The molecule has 5 nitrogen and oxygen atoms in total. The van der Waals surface area contributed by atoms with Crippen molar-refractivity contribution in [1.29, 1.82) is 0 Å². The van der Waals surface area contributed by atoms with Crippen LogP contribution < -0.4 is 4.18 Å². The molecule has 2 rings (SSSR count). The summed E-state index contributed by atoms with van der Waals surface area (Å²) in [4.78, 5) is 0.0477. The number of aromatic nitrogens is 1. The highest BCUT2D eigenvalue weighted by Gasteiger charge is 2.18. The lowest BCUT2D eigenvalue weighted by Gasteiger charge is -2.02. The molecule has 1 heterocycles. The predicted molar refractivity (Wildman–Crippen MR) is 77.5 cm³/mol. The van der Waals surface area contributed by atoms with E-state index < -0.39 is 10.1 Å². The van der Waals surface area contributed by atoms with Gasteiger partial charge < -0.3 is 8.71 Å². The lowest BCUT2D eigenvalue weighted by molar-refractivity contribution is 0.360. The number of halogens is 1. The minimum Gasteiger partial charge on any atom is -0.358 e. The van der Waals surface area contributed by atoms with Gasteiger partial charge in [-0.05, 0) is 17.3 Å². The zero-order chi connectivity index (χ0) is 14.6. The first kappa shape index (κ1) is 15.0. The summed E-state index contributed by atoms with van der Waals surface area (Å²) in [5.41, 5.74) is 0. The molecule has 0 bridgehead atoms. The second kappa shape index (κ2) is 6.34. The van der Waals surface area contributed by atoms with Crippen molar-refractivity contribution in [3.8, 4) is 5.88 Å². The van der Waals surface area contributed by atoms with Gasteiger partial charge in [-0.1, -0.05) is 42.0 Å². The molecule has 0 aliphatic rings. The van der Waals surface area contributed by atoms with Crippen LogP contribution in [-0.4, -0.2) is 17.9 Å².